The highest BCUT2D eigenvalue weighted by molar-refractivity contribution is 5.39. The van der Waals surface area contributed by atoms with Crippen LogP contribution in [0.4, 0.5) is 0 Å². The van der Waals surface area contributed by atoms with E-state index in [-0.39, 0.29) is 54.1 Å². The van der Waals surface area contributed by atoms with Crippen molar-refractivity contribution < 1.29 is 0 Å². The van der Waals surface area contributed by atoms with Gasteiger partial charge in [-0.1, -0.05) is 136 Å². The molecule has 0 spiro atoms. The van der Waals surface area contributed by atoms with Gasteiger partial charge in [0.05, 0.1) is 0 Å². The van der Waals surface area contributed by atoms with Crippen LogP contribution in [-0.2, 0) is 0 Å². The van der Waals surface area contributed by atoms with Gasteiger partial charge in [-0.05, 0) is 68.0 Å². The van der Waals surface area contributed by atoms with E-state index in [1.165, 1.54) is 0 Å². The van der Waals surface area contributed by atoms with E-state index >= 15 is 0 Å². The van der Waals surface area contributed by atoms with Crippen LogP contribution in [0.15, 0.2) is 11.1 Å². The summed E-state index contributed by atoms with van der Waals surface area (Å²) in [5.74, 6) is 0. The summed E-state index contributed by atoms with van der Waals surface area (Å²) in [5.41, 5.74) is 3.92. The average Bonchev–Trinajstić information content (AvgIpc) is 2.62. The minimum absolute atomic E-state index is 0.0185. The molecule has 0 nitrogen and oxygen atoms in total. The SMILES string of the molecule is C/C1=C(\C)C2(C)C(C)(C)C(C)(C)C(C)(C)C(C)(C)C(C)(C1(C)C)C(C)(C)C(C)(C)C2(C)C. The molecule has 1 saturated carbocycles. The highest BCUT2D eigenvalue weighted by Crippen LogP contribution is 2.84. The van der Waals surface area contributed by atoms with E-state index in [1.54, 1.807) is 11.1 Å². The van der Waals surface area contributed by atoms with Crippen molar-refractivity contribution in [2.24, 2.45) is 54.1 Å². The zero-order chi connectivity index (χ0) is 26.2. The molecule has 32 heavy (non-hydrogen) atoms. The molecule has 2 bridgehead atoms. The van der Waals surface area contributed by atoms with Gasteiger partial charge in [0.2, 0.25) is 0 Å². The fraction of sp³-hybridized carbons (Fsp3) is 0.938. The molecule has 2 atom stereocenters. The lowest BCUT2D eigenvalue weighted by Crippen LogP contribution is -2.68. The first-order chi connectivity index (χ1) is 13.6. The Morgan fingerprint density at radius 2 is 0.562 bits per heavy atom. The van der Waals surface area contributed by atoms with Crippen LogP contribution in [0.3, 0.4) is 0 Å². The molecular formula is C32H60. The molecule has 3 rings (SSSR count). The van der Waals surface area contributed by atoms with E-state index in [4.69, 9.17) is 0 Å². The second-order valence-electron chi connectivity index (χ2n) is 16.5. The molecular weight excluding hydrogens is 384 g/mol. The summed E-state index contributed by atoms with van der Waals surface area (Å²) in [7, 11) is 0. The standard InChI is InChI=1S/C32H60/c1-21-22(2)31(19)27(11,12)24(5,6)25(7,8)29(15,16)32(20,23(21,3)4)30(17,18)26(9,10)28(31,13)14/h1-20H3/b22-21-. The van der Waals surface area contributed by atoms with Gasteiger partial charge < -0.3 is 0 Å². The molecule has 0 heteroatoms. The first-order valence-corrected chi connectivity index (χ1v) is 13.2. The van der Waals surface area contributed by atoms with Gasteiger partial charge >= 0.3 is 0 Å². The quantitative estimate of drug-likeness (QED) is 0.326. The number of rotatable bonds is 0. The molecule has 0 N–H and O–H groups in total. The summed E-state index contributed by atoms with van der Waals surface area (Å²) in [4.78, 5) is 0. The fourth-order valence-corrected chi connectivity index (χ4v) is 10.1. The Labute approximate surface area is 203 Å². The molecule has 0 aliphatic heterocycles. The van der Waals surface area contributed by atoms with E-state index in [1.807, 2.05) is 0 Å². The van der Waals surface area contributed by atoms with Gasteiger partial charge in [-0.25, -0.2) is 0 Å². The molecule has 0 saturated heterocycles. The predicted molar refractivity (Wildman–Crippen MR) is 145 cm³/mol. The molecule has 0 heterocycles. The first-order valence-electron chi connectivity index (χ1n) is 13.2. The van der Waals surface area contributed by atoms with Gasteiger partial charge in [0.15, 0.2) is 0 Å². The minimum atomic E-state index is 0.0185. The van der Waals surface area contributed by atoms with Crippen molar-refractivity contribution in [2.75, 3.05) is 0 Å². The zero-order valence-corrected chi connectivity index (χ0v) is 26.0. The number of hydrogen-bond donors (Lipinski definition) is 0. The van der Waals surface area contributed by atoms with Gasteiger partial charge in [0, 0.05) is 0 Å². The van der Waals surface area contributed by atoms with Crippen molar-refractivity contribution in [3.8, 4) is 0 Å². The van der Waals surface area contributed by atoms with E-state index in [0.717, 1.165) is 0 Å². The van der Waals surface area contributed by atoms with Crippen molar-refractivity contribution in [3.63, 3.8) is 0 Å². The second kappa shape index (κ2) is 6.29. The van der Waals surface area contributed by atoms with E-state index in [9.17, 15) is 0 Å². The molecule has 188 valence electrons. The third-order valence-electron chi connectivity index (χ3n) is 16.3. The third kappa shape index (κ3) is 2.20. The Hall–Kier alpha value is -0.260. The Morgan fingerprint density at radius 1 is 0.312 bits per heavy atom. The lowest BCUT2D eigenvalue weighted by atomic mass is 9.30. The highest BCUT2D eigenvalue weighted by Gasteiger charge is 2.78. The number of hydrogen-bond acceptors (Lipinski definition) is 0. The highest BCUT2D eigenvalue weighted by atomic mass is 14.8. The van der Waals surface area contributed by atoms with Crippen molar-refractivity contribution in [1.29, 1.82) is 0 Å². The topological polar surface area (TPSA) is 0 Å². The van der Waals surface area contributed by atoms with Gasteiger partial charge in [0.25, 0.3) is 0 Å². The van der Waals surface area contributed by atoms with Crippen LogP contribution in [0.1, 0.15) is 138 Å². The summed E-state index contributed by atoms with van der Waals surface area (Å²) in [5, 5.41) is 0. The van der Waals surface area contributed by atoms with Crippen LogP contribution in [0.5, 0.6) is 0 Å². The Morgan fingerprint density at radius 3 is 0.875 bits per heavy atom. The Kier molecular flexibility index (Phi) is 5.50. The van der Waals surface area contributed by atoms with Crippen LogP contribution >= 0.6 is 0 Å². The molecule has 2 unspecified atom stereocenters. The smallest absolute Gasteiger partial charge is 0.000357 e. The minimum Gasteiger partial charge on any atom is -0.0676 e. The molecule has 0 aromatic carbocycles. The maximum atomic E-state index is 2.67. The maximum Gasteiger partial charge on any atom is -0.000357 e. The predicted octanol–water partition coefficient (Wildman–Crippen LogP) is 10.6. The lowest BCUT2D eigenvalue weighted by Gasteiger charge is -2.74. The monoisotopic (exact) mass is 444 g/mol. The summed E-state index contributed by atoms with van der Waals surface area (Å²) in [6.45, 7) is 51.9. The maximum absolute atomic E-state index is 2.67. The van der Waals surface area contributed by atoms with E-state index in [0.29, 0.717) is 0 Å². The van der Waals surface area contributed by atoms with Crippen molar-refractivity contribution in [3.05, 3.63) is 11.1 Å². The molecule has 0 amide bonds. The van der Waals surface area contributed by atoms with Crippen LogP contribution in [-0.4, -0.2) is 0 Å². The van der Waals surface area contributed by atoms with E-state index < -0.39 is 0 Å². The molecule has 0 radical (unpaired) electrons. The first kappa shape index (κ1) is 28.0. The van der Waals surface area contributed by atoms with Crippen molar-refractivity contribution in [1.82, 2.24) is 0 Å². The fourth-order valence-electron chi connectivity index (χ4n) is 10.1. The summed E-state index contributed by atoms with van der Waals surface area (Å²) >= 11 is 0. The van der Waals surface area contributed by atoms with Crippen molar-refractivity contribution >= 4 is 0 Å². The van der Waals surface area contributed by atoms with E-state index in [2.05, 4.69) is 138 Å². The lowest BCUT2D eigenvalue weighted by molar-refractivity contribution is -0.239. The molecule has 0 aromatic heterocycles. The van der Waals surface area contributed by atoms with Gasteiger partial charge in [-0.15, -0.1) is 0 Å². The molecule has 3 aliphatic carbocycles. The number of allylic oxidation sites excluding steroid dienone is 2. The van der Waals surface area contributed by atoms with Crippen LogP contribution in [0.2, 0.25) is 0 Å². The molecule has 0 aromatic rings. The zero-order valence-electron chi connectivity index (χ0n) is 26.0. The normalized spacial score (nSPS) is 42.4. The van der Waals surface area contributed by atoms with Crippen molar-refractivity contribution in [2.45, 2.75) is 138 Å². The molecule has 3 aliphatic rings. The summed E-state index contributed by atoms with van der Waals surface area (Å²) in [6.07, 6.45) is 0. The Balaban J connectivity index is 3.53. The Bertz CT molecular complexity index is 833. The summed E-state index contributed by atoms with van der Waals surface area (Å²) < 4.78 is 0. The largest absolute Gasteiger partial charge is 0.0676 e. The number of fused-ring (bicyclic) bond motifs is 6. The van der Waals surface area contributed by atoms with Gasteiger partial charge in [-0.2, -0.15) is 0 Å². The van der Waals surface area contributed by atoms with Crippen LogP contribution in [0, 0.1) is 54.1 Å². The average molecular weight is 445 g/mol. The van der Waals surface area contributed by atoms with Gasteiger partial charge in [0.1, 0.15) is 0 Å². The third-order valence-corrected chi connectivity index (χ3v) is 16.3. The molecule has 1 fully saturated rings. The van der Waals surface area contributed by atoms with Crippen LogP contribution in [0.25, 0.3) is 0 Å². The second-order valence-corrected chi connectivity index (χ2v) is 16.5. The van der Waals surface area contributed by atoms with Crippen LogP contribution < -0.4 is 0 Å². The summed E-state index contributed by atoms with van der Waals surface area (Å²) in [6, 6.07) is 0. The van der Waals surface area contributed by atoms with Gasteiger partial charge in [-0.3, -0.25) is 0 Å².